The zero-order chi connectivity index (χ0) is 57.1. The van der Waals surface area contributed by atoms with E-state index in [1.807, 2.05) is 0 Å². The first kappa shape index (κ1) is 65.6. The van der Waals surface area contributed by atoms with Crippen LogP contribution < -0.4 is 54.0 Å². The van der Waals surface area contributed by atoms with Gasteiger partial charge in [-0.25, -0.2) is 4.79 Å². The molecule has 1 aromatic rings. The molecule has 1 aromatic carbocycles. The average molecular weight is 1090 g/mol. The summed E-state index contributed by atoms with van der Waals surface area (Å²) < 4.78 is 0. The first-order valence-electron chi connectivity index (χ1n) is 23.5. The molecule has 0 bridgehead atoms. The molecule has 0 saturated carbocycles. The van der Waals surface area contributed by atoms with Crippen molar-refractivity contribution in [3.8, 4) is 0 Å². The minimum atomic E-state index is -2.02. The molecule has 0 unspecified atom stereocenters. The van der Waals surface area contributed by atoms with Gasteiger partial charge < -0.3 is 84.6 Å². The number of unbranched alkanes of at least 4 members (excludes halogenated alkanes) is 1. The second-order valence-electron chi connectivity index (χ2n) is 17.3. The molecule has 29 nitrogen and oxygen atoms in total. The molecule has 0 saturated heterocycles. The largest absolute Gasteiger partial charge is 0.481 e. The molecule has 18 N–H and O–H groups in total. The number of benzene rings is 1. The van der Waals surface area contributed by atoms with Gasteiger partial charge in [0.25, 0.3) is 0 Å². The van der Waals surface area contributed by atoms with Gasteiger partial charge >= 0.3 is 29.8 Å². The highest BCUT2D eigenvalue weighted by Gasteiger charge is 2.38. The number of nitrogens with one attached hydrogen (secondary N) is 8. The summed E-state index contributed by atoms with van der Waals surface area (Å²) in [5, 5.41) is 75.3. The fraction of sp³-hybridized carbons (Fsp3) is 0.578. The minimum absolute atomic E-state index is 0.104. The number of rotatable bonds is 36. The van der Waals surface area contributed by atoms with E-state index in [1.54, 1.807) is 25.1 Å². The number of carboxylic acid groups (broad SMARTS) is 5. The average Bonchev–Trinajstić information content (AvgIpc) is 3.33. The quantitative estimate of drug-likeness (QED) is 0.0222. The van der Waals surface area contributed by atoms with Gasteiger partial charge in [0.1, 0.15) is 54.4 Å². The van der Waals surface area contributed by atoms with Crippen molar-refractivity contribution >= 4 is 89.7 Å². The third-order valence-corrected chi connectivity index (χ3v) is 11.6. The monoisotopic (exact) mass is 1080 g/mol. The van der Waals surface area contributed by atoms with Crippen LogP contribution in [0.15, 0.2) is 30.3 Å². The highest BCUT2D eigenvalue weighted by Crippen LogP contribution is 2.13. The second kappa shape index (κ2) is 33.4. The molecule has 0 fully saturated rings. The van der Waals surface area contributed by atoms with Gasteiger partial charge in [0, 0.05) is 18.6 Å². The van der Waals surface area contributed by atoms with Crippen LogP contribution in [-0.2, 0) is 68.7 Å². The Balaban J connectivity index is 3.58. The zero-order valence-corrected chi connectivity index (χ0v) is 42.2. The lowest BCUT2D eigenvalue weighted by Gasteiger charge is -2.29. The summed E-state index contributed by atoms with van der Waals surface area (Å²) in [6, 6.07) is -7.90. The van der Waals surface area contributed by atoms with Gasteiger partial charge in [-0.15, -0.1) is 0 Å². The zero-order valence-electron chi connectivity index (χ0n) is 41.3. The minimum Gasteiger partial charge on any atom is -0.481 e. The maximum absolute atomic E-state index is 14.0. The normalized spacial score (nSPS) is 15.3. The number of carbonyl (C=O) groups is 13. The van der Waals surface area contributed by atoms with E-state index >= 15 is 0 Å². The van der Waals surface area contributed by atoms with Gasteiger partial charge in [0.15, 0.2) is 0 Å². The van der Waals surface area contributed by atoms with Crippen LogP contribution in [0.4, 0.5) is 0 Å². The molecule has 0 aliphatic carbocycles. The van der Waals surface area contributed by atoms with Gasteiger partial charge in [-0.2, -0.15) is 12.6 Å². The number of hydrogen-bond acceptors (Lipinski definition) is 17. The number of aliphatic hydroxyl groups excluding tert-OH is 1. The highest BCUT2D eigenvalue weighted by molar-refractivity contribution is 7.80. The molecule has 0 heterocycles. The number of thiol groups is 1. The Kier molecular flexibility index (Phi) is 29.2. The van der Waals surface area contributed by atoms with Gasteiger partial charge in [-0.3, -0.25) is 57.5 Å². The fourth-order valence-electron chi connectivity index (χ4n) is 6.76. The summed E-state index contributed by atoms with van der Waals surface area (Å²) in [5.41, 5.74) is 11.6. The van der Waals surface area contributed by atoms with Crippen LogP contribution in [0.1, 0.15) is 84.1 Å². The predicted octanol–water partition coefficient (Wildman–Crippen LogP) is -4.71. The molecule has 8 amide bonds. The summed E-state index contributed by atoms with van der Waals surface area (Å²) >= 11 is 3.87. The Hall–Kier alpha value is -7.44. The Labute approximate surface area is 435 Å². The number of aliphatic hydroxyl groups is 1. The van der Waals surface area contributed by atoms with E-state index in [-0.39, 0.29) is 44.4 Å². The van der Waals surface area contributed by atoms with Crippen molar-refractivity contribution in [1.29, 1.82) is 0 Å². The summed E-state index contributed by atoms with van der Waals surface area (Å²) in [5.74, 6) is -18.6. The van der Waals surface area contributed by atoms with Gasteiger partial charge in [0.2, 0.25) is 47.3 Å². The van der Waals surface area contributed by atoms with Crippen LogP contribution in [0.2, 0.25) is 0 Å². The molecule has 418 valence electrons. The summed E-state index contributed by atoms with van der Waals surface area (Å²) in [4.78, 5) is 168. The van der Waals surface area contributed by atoms with Crippen molar-refractivity contribution in [2.45, 2.75) is 145 Å². The summed E-state index contributed by atoms with van der Waals surface area (Å²) in [7, 11) is 0. The van der Waals surface area contributed by atoms with Crippen molar-refractivity contribution in [2.24, 2.45) is 17.4 Å². The molecule has 0 aromatic heterocycles. The van der Waals surface area contributed by atoms with Crippen LogP contribution in [0.25, 0.3) is 0 Å². The van der Waals surface area contributed by atoms with E-state index in [0.29, 0.717) is 5.56 Å². The van der Waals surface area contributed by atoms with Crippen LogP contribution in [0.3, 0.4) is 0 Å². The first-order chi connectivity index (χ1) is 35.1. The van der Waals surface area contributed by atoms with Crippen LogP contribution in [-0.4, -0.2) is 181 Å². The van der Waals surface area contributed by atoms with E-state index in [0.717, 1.165) is 6.92 Å². The van der Waals surface area contributed by atoms with E-state index in [1.165, 1.54) is 19.1 Å². The number of nitrogens with two attached hydrogens (primary N) is 2. The molecule has 0 spiro atoms. The Bertz CT molecular complexity index is 2190. The molecule has 30 heteroatoms. The molecule has 11 atom stereocenters. The molecule has 0 aliphatic rings. The molecule has 1 rings (SSSR count). The van der Waals surface area contributed by atoms with E-state index in [9.17, 15) is 93.0 Å². The lowest BCUT2D eigenvalue weighted by Crippen LogP contribution is -2.62. The van der Waals surface area contributed by atoms with Crippen molar-refractivity contribution in [3.63, 3.8) is 0 Å². The molecule has 75 heavy (non-hydrogen) atoms. The van der Waals surface area contributed by atoms with Crippen LogP contribution in [0.5, 0.6) is 0 Å². The van der Waals surface area contributed by atoms with Crippen molar-refractivity contribution < 1.29 is 93.0 Å². The Morgan fingerprint density at radius 1 is 0.520 bits per heavy atom. The maximum Gasteiger partial charge on any atom is 0.327 e. The molecule has 0 aliphatic heterocycles. The number of hydrogen-bond donors (Lipinski definition) is 17. The smallest absolute Gasteiger partial charge is 0.327 e. The third kappa shape index (κ3) is 24.4. The van der Waals surface area contributed by atoms with E-state index in [2.05, 4.69) is 55.2 Å². The third-order valence-electron chi connectivity index (χ3n) is 11.2. The van der Waals surface area contributed by atoms with E-state index in [4.69, 9.17) is 11.5 Å². The number of carbonyl (C=O) groups excluding carboxylic acids is 8. The lowest BCUT2D eigenvalue weighted by molar-refractivity contribution is -0.142. The van der Waals surface area contributed by atoms with Crippen molar-refractivity contribution in [3.05, 3.63) is 35.9 Å². The highest BCUT2D eigenvalue weighted by atomic mass is 32.1. The standard InChI is InChI=1S/C45H68N10O19S/c1-4-21(2)36(44(72)53-28(18-33(61)62)40(68)48-24(12-8-9-15-46)37(65)49-25(13-14-31(57)58)38(66)54-30(20-75)45(73)74)55-42(70)29(19-34(63)64)51-39(67)26(16-23-10-6-5-7-11-23)50-41(69)27(17-32(59)60)52-43(71)35(47)22(3)56/h5-7,10-11,21-22,24-30,35-36,56,75H,4,8-9,12-20,46-47H2,1-3H3,(H,48,68)(H,49,65)(H,50,69)(H,51,67)(H,52,71)(H,53,72)(H,54,66)(H,55,70)(H,57,58)(H,59,60)(H,61,62)(H,63,64)(H,73,74)/t21-,22+,24-,25-,26-,27-,28-,29-,30-,35-,36-/m0/s1. The van der Waals surface area contributed by atoms with Crippen LogP contribution >= 0.6 is 12.6 Å². The SMILES string of the molecule is CC[C@H](C)[C@H](NC(=O)[C@H](CC(=O)O)NC(=O)[C@H](Cc1ccccc1)NC(=O)[C@H](CC(=O)O)NC(=O)[C@@H](N)[C@@H](C)O)C(=O)N[C@@H](CC(=O)O)C(=O)N[C@@H](CCCCN)C(=O)N[C@@H](CCC(=O)O)C(=O)N[C@@H](CS)C(=O)O. The lowest BCUT2D eigenvalue weighted by atomic mass is 9.96. The van der Waals surface area contributed by atoms with Gasteiger partial charge in [-0.05, 0) is 50.6 Å². The maximum atomic E-state index is 14.0. The van der Waals surface area contributed by atoms with Crippen LogP contribution in [0, 0.1) is 5.92 Å². The number of amides is 8. The van der Waals surface area contributed by atoms with E-state index < -0.39 is 176 Å². The second-order valence-corrected chi connectivity index (χ2v) is 17.7. The number of carboxylic acids is 5. The molecular weight excluding hydrogens is 1020 g/mol. The molecular formula is C45H68N10O19S. The van der Waals surface area contributed by atoms with Gasteiger partial charge in [-0.1, -0.05) is 50.6 Å². The summed E-state index contributed by atoms with van der Waals surface area (Å²) in [6.07, 6.45) is -5.97. The predicted molar refractivity (Wildman–Crippen MR) is 263 cm³/mol. The Morgan fingerprint density at radius 2 is 0.920 bits per heavy atom. The summed E-state index contributed by atoms with van der Waals surface area (Å²) in [6.45, 7) is 4.29. The topological polar surface area (TPSA) is 492 Å². The van der Waals surface area contributed by atoms with Crippen molar-refractivity contribution in [2.75, 3.05) is 12.3 Å². The first-order valence-corrected chi connectivity index (χ1v) is 24.1. The Morgan fingerprint density at radius 3 is 1.35 bits per heavy atom. The molecule has 0 radical (unpaired) electrons. The van der Waals surface area contributed by atoms with Crippen molar-refractivity contribution in [1.82, 2.24) is 42.5 Å². The van der Waals surface area contributed by atoms with Gasteiger partial charge in [0.05, 0.1) is 25.4 Å². The fourth-order valence-corrected chi connectivity index (χ4v) is 7.01. The number of aliphatic carboxylic acids is 5.